The molecule has 19 heavy (non-hydrogen) atoms. The summed E-state index contributed by atoms with van der Waals surface area (Å²) >= 11 is 0. The van der Waals surface area contributed by atoms with Crippen LogP contribution in [0.4, 0.5) is 0 Å². The van der Waals surface area contributed by atoms with Crippen LogP contribution in [-0.2, 0) is 11.3 Å². The zero-order valence-electron chi connectivity index (χ0n) is 9.95. The Morgan fingerprint density at radius 1 is 1.53 bits per heavy atom. The predicted octanol–water partition coefficient (Wildman–Crippen LogP) is 0.159. The number of carbonyl (C=O) groups is 1. The molecule has 0 saturated heterocycles. The van der Waals surface area contributed by atoms with Crippen LogP contribution in [0.5, 0.6) is 5.75 Å². The highest BCUT2D eigenvalue weighted by molar-refractivity contribution is 5.90. The van der Waals surface area contributed by atoms with Crippen LogP contribution in [0.1, 0.15) is 16.1 Å². The standard InChI is InChI=1S/C12H9N3O4/c1-19-12(18)8-9(16)11(17)15-5-6-3-2-4-13-7(6)10(15)14-8/h2-4,16H,5H2,1H3. The summed E-state index contributed by atoms with van der Waals surface area (Å²) in [7, 11) is 1.15. The number of ether oxygens (including phenoxy) is 1. The van der Waals surface area contributed by atoms with Crippen molar-refractivity contribution in [1.29, 1.82) is 0 Å². The molecule has 0 amide bonds. The SMILES string of the molecule is COC(=O)c1nc2n(c(=O)c1O)Cc1cccnc1-2. The van der Waals surface area contributed by atoms with Crippen molar-refractivity contribution in [1.82, 2.24) is 14.5 Å². The minimum Gasteiger partial charge on any atom is -0.501 e. The Balaban J connectivity index is 2.31. The predicted molar refractivity (Wildman–Crippen MR) is 63.8 cm³/mol. The van der Waals surface area contributed by atoms with Crippen LogP contribution < -0.4 is 5.56 Å². The van der Waals surface area contributed by atoms with E-state index < -0.39 is 23.0 Å². The van der Waals surface area contributed by atoms with E-state index in [0.717, 1.165) is 12.7 Å². The minimum absolute atomic E-state index is 0.263. The maximum atomic E-state index is 12.0. The zero-order valence-corrected chi connectivity index (χ0v) is 9.95. The highest BCUT2D eigenvalue weighted by atomic mass is 16.5. The molecule has 0 saturated carbocycles. The van der Waals surface area contributed by atoms with E-state index in [2.05, 4.69) is 14.7 Å². The van der Waals surface area contributed by atoms with Crippen LogP contribution in [0.2, 0.25) is 0 Å². The van der Waals surface area contributed by atoms with Crippen molar-refractivity contribution in [2.75, 3.05) is 7.11 Å². The lowest BCUT2D eigenvalue weighted by Crippen LogP contribution is -2.23. The first-order valence-corrected chi connectivity index (χ1v) is 5.50. The molecule has 0 atom stereocenters. The third-order valence-corrected chi connectivity index (χ3v) is 2.96. The van der Waals surface area contributed by atoms with Crippen molar-refractivity contribution in [3.8, 4) is 17.3 Å². The van der Waals surface area contributed by atoms with E-state index in [4.69, 9.17) is 0 Å². The molecule has 0 bridgehead atoms. The number of nitrogens with zero attached hydrogens (tertiary/aromatic N) is 3. The number of hydrogen-bond acceptors (Lipinski definition) is 6. The van der Waals surface area contributed by atoms with Crippen molar-refractivity contribution in [3.05, 3.63) is 39.9 Å². The van der Waals surface area contributed by atoms with Gasteiger partial charge in [-0.15, -0.1) is 0 Å². The van der Waals surface area contributed by atoms with E-state index in [1.807, 2.05) is 6.07 Å². The molecule has 3 heterocycles. The van der Waals surface area contributed by atoms with Gasteiger partial charge in [-0.3, -0.25) is 14.3 Å². The van der Waals surface area contributed by atoms with Crippen molar-refractivity contribution >= 4 is 5.97 Å². The summed E-state index contributed by atoms with van der Waals surface area (Å²) in [4.78, 5) is 31.6. The number of aromatic nitrogens is 3. The molecule has 2 aromatic rings. The Hall–Kier alpha value is -2.70. The van der Waals surface area contributed by atoms with Gasteiger partial charge >= 0.3 is 5.97 Å². The molecule has 0 unspecified atom stereocenters. The van der Waals surface area contributed by atoms with Gasteiger partial charge in [0.2, 0.25) is 5.75 Å². The molecule has 1 N–H and O–H groups in total. The third kappa shape index (κ3) is 1.51. The average molecular weight is 259 g/mol. The van der Waals surface area contributed by atoms with Crippen LogP contribution in [0.3, 0.4) is 0 Å². The van der Waals surface area contributed by atoms with Gasteiger partial charge in [-0.2, -0.15) is 0 Å². The van der Waals surface area contributed by atoms with Gasteiger partial charge in [0.05, 0.1) is 13.7 Å². The first-order valence-electron chi connectivity index (χ1n) is 5.50. The van der Waals surface area contributed by atoms with Gasteiger partial charge in [0.1, 0.15) is 5.69 Å². The van der Waals surface area contributed by atoms with Crippen molar-refractivity contribution in [3.63, 3.8) is 0 Å². The van der Waals surface area contributed by atoms with Crippen LogP contribution in [-0.4, -0.2) is 32.7 Å². The van der Waals surface area contributed by atoms with Gasteiger partial charge in [-0.1, -0.05) is 6.07 Å². The summed E-state index contributed by atoms with van der Waals surface area (Å²) in [5.41, 5.74) is 0.277. The monoisotopic (exact) mass is 259 g/mol. The summed E-state index contributed by atoms with van der Waals surface area (Å²) < 4.78 is 5.77. The molecular formula is C12H9N3O4. The molecule has 0 fully saturated rings. The fraction of sp³-hybridized carbons (Fsp3) is 0.167. The highest BCUT2D eigenvalue weighted by Crippen LogP contribution is 2.28. The number of fused-ring (bicyclic) bond motifs is 3. The molecule has 2 aromatic heterocycles. The van der Waals surface area contributed by atoms with Crippen molar-refractivity contribution < 1.29 is 14.6 Å². The topological polar surface area (TPSA) is 94.3 Å². The quantitative estimate of drug-likeness (QED) is 0.625. The van der Waals surface area contributed by atoms with E-state index in [0.29, 0.717) is 5.69 Å². The first-order chi connectivity index (χ1) is 9.13. The molecule has 1 aliphatic rings. The number of rotatable bonds is 1. The molecule has 0 radical (unpaired) electrons. The Labute approximate surface area is 107 Å². The second kappa shape index (κ2) is 3.91. The van der Waals surface area contributed by atoms with Gasteiger partial charge < -0.3 is 9.84 Å². The first kappa shape index (κ1) is 11.4. The lowest BCUT2D eigenvalue weighted by atomic mass is 10.2. The summed E-state index contributed by atoms with van der Waals surface area (Å²) in [6.07, 6.45) is 1.57. The fourth-order valence-corrected chi connectivity index (χ4v) is 2.05. The minimum atomic E-state index is -0.859. The van der Waals surface area contributed by atoms with E-state index in [1.165, 1.54) is 4.57 Å². The summed E-state index contributed by atoms with van der Waals surface area (Å²) in [6, 6.07) is 3.56. The maximum absolute atomic E-state index is 12.0. The average Bonchev–Trinajstić information content (AvgIpc) is 2.81. The molecule has 7 heteroatoms. The number of methoxy groups -OCH3 is 1. The van der Waals surface area contributed by atoms with E-state index in [-0.39, 0.29) is 12.4 Å². The zero-order chi connectivity index (χ0) is 13.6. The van der Waals surface area contributed by atoms with Crippen LogP contribution in [0, 0.1) is 0 Å². The number of aromatic hydroxyl groups is 1. The van der Waals surface area contributed by atoms with Crippen LogP contribution in [0.15, 0.2) is 23.1 Å². The highest BCUT2D eigenvalue weighted by Gasteiger charge is 2.28. The molecule has 0 aromatic carbocycles. The van der Waals surface area contributed by atoms with Gasteiger partial charge in [0.15, 0.2) is 11.5 Å². The van der Waals surface area contributed by atoms with E-state index in [1.54, 1.807) is 12.3 Å². The van der Waals surface area contributed by atoms with Gasteiger partial charge in [0, 0.05) is 11.8 Å². The summed E-state index contributed by atoms with van der Waals surface area (Å²) in [5, 5.41) is 9.73. The van der Waals surface area contributed by atoms with Crippen LogP contribution >= 0.6 is 0 Å². The Morgan fingerprint density at radius 2 is 2.32 bits per heavy atom. The van der Waals surface area contributed by atoms with Crippen molar-refractivity contribution in [2.24, 2.45) is 0 Å². The molecule has 3 rings (SSSR count). The van der Waals surface area contributed by atoms with E-state index >= 15 is 0 Å². The fourth-order valence-electron chi connectivity index (χ4n) is 2.05. The number of carbonyl (C=O) groups excluding carboxylic acids is 1. The van der Waals surface area contributed by atoms with E-state index in [9.17, 15) is 14.7 Å². The van der Waals surface area contributed by atoms with Gasteiger partial charge in [-0.25, -0.2) is 9.78 Å². The second-order valence-corrected chi connectivity index (χ2v) is 4.03. The number of esters is 1. The molecule has 0 aliphatic carbocycles. The Bertz CT molecular complexity index is 751. The Kier molecular flexibility index (Phi) is 2.34. The normalized spacial score (nSPS) is 11.8. The summed E-state index contributed by atoms with van der Waals surface area (Å²) in [5.74, 6) is -1.30. The second-order valence-electron chi connectivity index (χ2n) is 4.03. The van der Waals surface area contributed by atoms with Gasteiger partial charge in [0.25, 0.3) is 5.56 Å². The smallest absolute Gasteiger partial charge is 0.360 e. The molecular weight excluding hydrogens is 250 g/mol. The van der Waals surface area contributed by atoms with Gasteiger partial charge in [-0.05, 0) is 6.07 Å². The lowest BCUT2D eigenvalue weighted by molar-refractivity contribution is 0.0589. The lowest BCUT2D eigenvalue weighted by Gasteiger charge is -2.06. The molecule has 96 valence electrons. The number of hydrogen-bond donors (Lipinski definition) is 1. The Morgan fingerprint density at radius 3 is 3.05 bits per heavy atom. The third-order valence-electron chi connectivity index (χ3n) is 2.96. The van der Waals surface area contributed by atoms with Crippen molar-refractivity contribution in [2.45, 2.75) is 6.54 Å². The molecule has 7 nitrogen and oxygen atoms in total. The summed E-state index contributed by atoms with van der Waals surface area (Å²) in [6.45, 7) is 0.277. The molecule has 0 spiro atoms. The maximum Gasteiger partial charge on any atom is 0.360 e. The largest absolute Gasteiger partial charge is 0.501 e. The number of pyridine rings is 1. The van der Waals surface area contributed by atoms with Crippen LogP contribution in [0.25, 0.3) is 11.5 Å². The molecule has 1 aliphatic heterocycles.